The molecular weight excluding hydrogens is 889 g/mol. The van der Waals surface area contributed by atoms with Crippen LogP contribution < -0.4 is 0 Å². The summed E-state index contributed by atoms with van der Waals surface area (Å²) in [6.45, 7) is 4.95. The van der Waals surface area contributed by atoms with Gasteiger partial charge in [-0.05, 0) is 60.2 Å². The van der Waals surface area contributed by atoms with Gasteiger partial charge < -0.3 is 18.9 Å². The van der Waals surface area contributed by atoms with E-state index in [-0.39, 0.29) is 38.4 Å². The second-order valence-corrected chi connectivity index (χ2v) is 18.3. The Morgan fingerprint density at radius 1 is 0.319 bits per heavy atom. The molecule has 388 valence electrons. The lowest BCUT2D eigenvalue weighted by molar-refractivity contribution is -0.143. The molecule has 0 spiro atoms. The Morgan fingerprint density at radius 2 is 0.542 bits per heavy atom. The zero-order chi connectivity index (χ0) is 51.9. The van der Waals surface area contributed by atoms with E-state index in [1.165, 1.54) is 154 Å². The standard InChI is InChI=1S/C66H88O6/c1-5-7-9-11-13-15-17-19-21-23-25-27-29-31-41-55-65(67)71-59-63-49-39-35-33-37-47-61(57-69-3)51-43-44-52-62(58-70-4)48-38-34-36-40-50-64(54-46-45-53-63)60-72-66(68)56-42-32-30-28-26-24-22-20-18-16-14-12-10-8-6-2/h47-50H,5-32,41-42,55-60H2,1-4H3/b61-47-,62-48+,63-49+,64-50+. The smallest absolute Gasteiger partial charge is 0.306 e. The van der Waals surface area contributed by atoms with Gasteiger partial charge in [0.25, 0.3) is 0 Å². The molecule has 0 fully saturated rings. The number of rotatable bonds is 40. The van der Waals surface area contributed by atoms with E-state index in [1.54, 1.807) is 38.5 Å². The van der Waals surface area contributed by atoms with Gasteiger partial charge in [-0.2, -0.15) is 0 Å². The van der Waals surface area contributed by atoms with Crippen LogP contribution in [0, 0.1) is 94.7 Å². The SMILES string of the molecule is CCCCCCCCCCCCCCCCCC(=O)OC/C1=C/C#CC#C/C=C(\COC)C#CC#C/C(COC)=C\C#CC#C/C=C(/COC(=O)CCCCCCCCCCCCCCCCC)C#CC#C1. The molecule has 0 unspecified atom stereocenters. The number of allylic oxidation sites excluding steroid dienone is 4. The number of unbranched alkanes of at least 4 members (excludes halogenated alkanes) is 28. The summed E-state index contributed by atoms with van der Waals surface area (Å²) in [5, 5.41) is 0. The van der Waals surface area contributed by atoms with E-state index >= 15 is 0 Å². The maximum atomic E-state index is 12.8. The van der Waals surface area contributed by atoms with Crippen LogP contribution in [-0.4, -0.2) is 52.6 Å². The van der Waals surface area contributed by atoms with Crippen molar-refractivity contribution < 1.29 is 28.5 Å². The van der Waals surface area contributed by atoms with Crippen molar-refractivity contribution in [2.24, 2.45) is 0 Å². The highest BCUT2D eigenvalue weighted by Crippen LogP contribution is 2.16. The van der Waals surface area contributed by atoms with Crippen LogP contribution in [0.1, 0.15) is 219 Å². The van der Waals surface area contributed by atoms with Crippen LogP contribution >= 0.6 is 0 Å². The van der Waals surface area contributed by atoms with Crippen molar-refractivity contribution in [2.75, 3.05) is 40.6 Å². The predicted octanol–water partition coefficient (Wildman–Crippen LogP) is 14.6. The first kappa shape index (κ1) is 64.3. The monoisotopic (exact) mass is 977 g/mol. The van der Waals surface area contributed by atoms with Gasteiger partial charge in [0.2, 0.25) is 0 Å². The Morgan fingerprint density at radius 3 is 0.778 bits per heavy atom. The Bertz CT molecular complexity index is 2000. The van der Waals surface area contributed by atoms with Gasteiger partial charge in [-0.25, -0.2) is 0 Å². The first-order valence-electron chi connectivity index (χ1n) is 27.6. The van der Waals surface area contributed by atoms with E-state index in [0.717, 1.165) is 38.5 Å². The van der Waals surface area contributed by atoms with Gasteiger partial charge in [-0.1, -0.05) is 241 Å². The fraction of sp³-hybridized carbons (Fsp3) is 0.606. The summed E-state index contributed by atoms with van der Waals surface area (Å²) < 4.78 is 21.8. The first-order chi connectivity index (χ1) is 35.5. The normalized spacial score (nSPS) is 14.8. The third kappa shape index (κ3) is 44.3. The minimum atomic E-state index is -0.277. The fourth-order valence-corrected chi connectivity index (χ4v) is 7.59. The number of esters is 2. The van der Waals surface area contributed by atoms with Crippen molar-refractivity contribution in [3.05, 3.63) is 46.6 Å². The highest BCUT2D eigenvalue weighted by Gasteiger charge is 2.06. The zero-order valence-electron chi connectivity index (χ0n) is 45.2. The molecule has 0 saturated heterocycles. The summed E-state index contributed by atoms with van der Waals surface area (Å²) in [4.78, 5) is 25.5. The maximum Gasteiger partial charge on any atom is 0.306 e. The molecule has 0 radical (unpaired) electrons. The van der Waals surface area contributed by atoms with Crippen molar-refractivity contribution in [2.45, 2.75) is 219 Å². The molecule has 0 aromatic rings. The van der Waals surface area contributed by atoms with Gasteiger partial charge >= 0.3 is 11.9 Å². The van der Waals surface area contributed by atoms with Crippen molar-refractivity contribution in [3.63, 3.8) is 0 Å². The van der Waals surface area contributed by atoms with E-state index in [2.05, 4.69) is 109 Å². The van der Waals surface area contributed by atoms with E-state index in [9.17, 15) is 9.59 Å². The van der Waals surface area contributed by atoms with Crippen molar-refractivity contribution in [1.82, 2.24) is 0 Å². The maximum absolute atomic E-state index is 12.8. The van der Waals surface area contributed by atoms with Crippen LogP contribution in [0.2, 0.25) is 0 Å². The second-order valence-electron chi connectivity index (χ2n) is 18.3. The highest BCUT2D eigenvalue weighted by molar-refractivity contribution is 5.70. The number of carbonyl (C=O) groups excluding carboxylic acids is 2. The number of carbonyl (C=O) groups is 2. The minimum absolute atomic E-state index is 0.0484. The molecule has 1 aliphatic rings. The second kappa shape index (κ2) is 51.6. The highest BCUT2D eigenvalue weighted by atomic mass is 16.5. The summed E-state index contributed by atoms with van der Waals surface area (Å²) in [5.74, 6) is 45.5. The Labute approximate surface area is 439 Å². The van der Waals surface area contributed by atoms with Gasteiger partial charge in [-0.3, -0.25) is 9.59 Å². The van der Waals surface area contributed by atoms with E-state index < -0.39 is 0 Å². The predicted molar refractivity (Wildman–Crippen MR) is 299 cm³/mol. The molecule has 0 aromatic carbocycles. The van der Waals surface area contributed by atoms with Crippen LogP contribution in [0.25, 0.3) is 0 Å². The number of hydrogen-bond acceptors (Lipinski definition) is 6. The minimum Gasteiger partial charge on any atom is -0.460 e. The molecule has 0 amide bonds. The van der Waals surface area contributed by atoms with Gasteiger partial charge in [0.1, 0.15) is 13.2 Å². The first-order valence-corrected chi connectivity index (χ1v) is 27.6. The molecule has 72 heavy (non-hydrogen) atoms. The molecule has 6 nitrogen and oxygen atoms in total. The molecule has 0 aromatic heterocycles. The van der Waals surface area contributed by atoms with Crippen LogP contribution in [0.5, 0.6) is 0 Å². The topological polar surface area (TPSA) is 71.1 Å². The van der Waals surface area contributed by atoms with Crippen LogP contribution in [0.4, 0.5) is 0 Å². The molecule has 6 heteroatoms. The molecule has 1 rings (SSSR count). The Balaban J connectivity index is 2.93. The Kier molecular flexibility index (Phi) is 46.1. The van der Waals surface area contributed by atoms with Gasteiger partial charge in [0.15, 0.2) is 0 Å². The summed E-state index contributed by atoms with van der Waals surface area (Å²) in [6, 6.07) is 0. The number of methoxy groups -OCH3 is 2. The van der Waals surface area contributed by atoms with Crippen molar-refractivity contribution in [3.8, 4) is 94.7 Å². The third-order valence-electron chi connectivity index (χ3n) is 11.8. The van der Waals surface area contributed by atoms with Gasteiger partial charge in [0, 0.05) is 73.7 Å². The van der Waals surface area contributed by atoms with E-state index in [4.69, 9.17) is 18.9 Å². The Hall–Kier alpha value is -5.70. The summed E-state index contributed by atoms with van der Waals surface area (Å²) >= 11 is 0. The average Bonchev–Trinajstić information content (AvgIpc) is 3.38. The van der Waals surface area contributed by atoms with Crippen molar-refractivity contribution in [1.29, 1.82) is 0 Å². The summed E-state index contributed by atoms with van der Waals surface area (Å²) in [7, 11) is 3.15. The lowest BCUT2D eigenvalue weighted by Crippen LogP contribution is -2.07. The third-order valence-corrected chi connectivity index (χ3v) is 11.8. The van der Waals surface area contributed by atoms with Crippen LogP contribution in [0.3, 0.4) is 0 Å². The largest absolute Gasteiger partial charge is 0.460 e. The summed E-state index contributed by atoms with van der Waals surface area (Å²) in [5.41, 5.74) is 2.20. The molecule has 0 atom stereocenters. The molecule has 0 N–H and O–H groups in total. The quantitative estimate of drug-likeness (QED) is 0.0346. The molecule has 1 aliphatic carbocycles. The molecule has 0 bridgehead atoms. The average molecular weight is 977 g/mol. The van der Waals surface area contributed by atoms with Crippen LogP contribution in [0.15, 0.2) is 46.6 Å². The number of ether oxygens (including phenoxy) is 4. The zero-order valence-corrected chi connectivity index (χ0v) is 45.2. The molecule has 0 heterocycles. The van der Waals surface area contributed by atoms with E-state index in [0.29, 0.717) is 35.1 Å². The lowest BCUT2D eigenvalue weighted by atomic mass is 10.0. The van der Waals surface area contributed by atoms with Crippen LogP contribution in [-0.2, 0) is 28.5 Å². The molecule has 0 saturated carbocycles. The van der Waals surface area contributed by atoms with E-state index in [1.807, 2.05) is 0 Å². The molecular formula is C66H88O6. The van der Waals surface area contributed by atoms with Crippen molar-refractivity contribution >= 4 is 11.9 Å². The van der Waals surface area contributed by atoms with Gasteiger partial charge in [0.05, 0.1) is 13.2 Å². The lowest BCUT2D eigenvalue weighted by Gasteiger charge is -2.05. The number of hydrogen-bond donors (Lipinski definition) is 0. The van der Waals surface area contributed by atoms with Gasteiger partial charge in [-0.15, -0.1) is 0 Å². The fourth-order valence-electron chi connectivity index (χ4n) is 7.59. The summed E-state index contributed by atoms with van der Waals surface area (Å²) in [6.07, 6.45) is 45.0. The molecule has 0 aliphatic heterocycles.